The molecule has 0 bridgehead atoms. The Kier molecular flexibility index (Phi) is 7.04. The molecule has 1 aliphatic rings. The van der Waals surface area contributed by atoms with Crippen LogP contribution in [0.15, 0.2) is 45.8 Å². The molecule has 0 atom stereocenters. The molecule has 3 rings (SSSR count). The number of terminal acetylenes is 1. The van der Waals surface area contributed by atoms with Gasteiger partial charge in [-0.25, -0.2) is 0 Å². The van der Waals surface area contributed by atoms with E-state index in [-0.39, 0.29) is 12.5 Å². The van der Waals surface area contributed by atoms with E-state index in [0.29, 0.717) is 20.7 Å². The maximum Gasteiger partial charge on any atom is 0.270 e. The van der Waals surface area contributed by atoms with Crippen LogP contribution in [-0.2, 0) is 4.79 Å². The summed E-state index contributed by atoms with van der Waals surface area (Å²) in [5, 5.41) is 0. The second-order valence-corrected chi connectivity index (χ2v) is 9.27. The molecule has 0 saturated carbocycles. The summed E-state index contributed by atoms with van der Waals surface area (Å²) in [6, 6.07) is 11.2. The fourth-order valence-corrected chi connectivity index (χ4v) is 4.85. The van der Waals surface area contributed by atoms with Crippen molar-refractivity contribution in [2.24, 2.45) is 0 Å². The summed E-state index contributed by atoms with van der Waals surface area (Å²) in [5.41, 5.74) is 1.55. The highest BCUT2D eigenvalue weighted by atomic mass is 127. The van der Waals surface area contributed by atoms with Gasteiger partial charge in [0.2, 0.25) is 0 Å². The molecule has 142 valence electrons. The summed E-state index contributed by atoms with van der Waals surface area (Å²) in [6.45, 7) is 0.150. The van der Waals surface area contributed by atoms with Gasteiger partial charge in [-0.15, -0.1) is 6.42 Å². The molecule has 0 N–H and O–H groups in total. The van der Waals surface area contributed by atoms with Crippen LogP contribution in [0.1, 0.15) is 5.56 Å². The van der Waals surface area contributed by atoms with Crippen LogP contribution < -0.4 is 14.4 Å². The molecule has 4 nitrogen and oxygen atoms in total. The predicted molar refractivity (Wildman–Crippen MR) is 130 cm³/mol. The maximum atomic E-state index is 12.9. The summed E-state index contributed by atoms with van der Waals surface area (Å²) in [4.78, 5) is 15.0. The van der Waals surface area contributed by atoms with Crippen LogP contribution in [0.4, 0.5) is 5.69 Å². The SMILES string of the molecule is C#CCOc1c(I)cc(/C=C2/SC(=S)N(c3ccc(Br)cc3)C2=O)cc1OC. The Morgan fingerprint density at radius 2 is 2.07 bits per heavy atom. The molecule has 8 heteroatoms. The maximum absolute atomic E-state index is 12.9. The van der Waals surface area contributed by atoms with Gasteiger partial charge in [0.15, 0.2) is 15.8 Å². The van der Waals surface area contributed by atoms with Crippen molar-refractivity contribution in [3.8, 4) is 23.8 Å². The number of methoxy groups -OCH3 is 1. The Bertz CT molecular complexity index is 1020. The summed E-state index contributed by atoms with van der Waals surface area (Å²) in [7, 11) is 1.56. The van der Waals surface area contributed by atoms with Crippen molar-refractivity contribution in [1.29, 1.82) is 0 Å². The van der Waals surface area contributed by atoms with Gasteiger partial charge in [-0.2, -0.15) is 0 Å². The number of hydrogen-bond acceptors (Lipinski definition) is 5. The number of carbonyl (C=O) groups is 1. The van der Waals surface area contributed by atoms with Crippen molar-refractivity contribution in [2.45, 2.75) is 0 Å². The summed E-state index contributed by atoms with van der Waals surface area (Å²) in [6.07, 6.45) is 7.07. The van der Waals surface area contributed by atoms with Gasteiger partial charge in [-0.1, -0.05) is 45.8 Å². The molecule has 1 fully saturated rings. The van der Waals surface area contributed by atoms with Gasteiger partial charge in [0.05, 0.1) is 21.3 Å². The van der Waals surface area contributed by atoms with E-state index in [1.54, 1.807) is 19.3 Å². The number of carbonyl (C=O) groups excluding carboxylic acids is 1. The smallest absolute Gasteiger partial charge is 0.270 e. The Balaban J connectivity index is 1.92. The Morgan fingerprint density at radius 3 is 2.71 bits per heavy atom. The molecule has 28 heavy (non-hydrogen) atoms. The largest absolute Gasteiger partial charge is 0.493 e. The van der Waals surface area contributed by atoms with Crippen LogP contribution >= 0.6 is 62.5 Å². The van der Waals surface area contributed by atoms with Crippen molar-refractivity contribution in [1.82, 2.24) is 0 Å². The van der Waals surface area contributed by atoms with Crippen molar-refractivity contribution in [3.05, 3.63) is 54.9 Å². The van der Waals surface area contributed by atoms with E-state index in [0.717, 1.165) is 19.3 Å². The van der Waals surface area contributed by atoms with E-state index in [9.17, 15) is 4.79 Å². The average Bonchev–Trinajstić information content (AvgIpc) is 2.94. The van der Waals surface area contributed by atoms with Crippen LogP contribution in [0, 0.1) is 15.9 Å². The van der Waals surface area contributed by atoms with Gasteiger partial charge in [-0.3, -0.25) is 9.69 Å². The molecule has 2 aromatic carbocycles. The van der Waals surface area contributed by atoms with E-state index in [4.69, 9.17) is 28.1 Å². The molecule has 1 amide bonds. The summed E-state index contributed by atoms with van der Waals surface area (Å²) < 4.78 is 13.2. The van der Waals surface area contributed by atoms with Crippen LogP contribution in [-0.4, -0.2) is 23.9 Å². The third kappa shape index (κ3) is 4.54. The van der Waals surface area contributed by atoms with Gasteiger partial charge in [-0.05, 0) is 70.6 Å². The van der Waals surface area contributed by atoms with Crippen LogP contribution in [0.2, 0.25) is 0 Å². The van der Waals surface area contributed by atoms with Crippen molar-refractivity contribution in [3.63, 3.8) is 0 Å². The number of ether oxygens (including phenoxy) is 2. The van der Waals surface area contributed by atoms with Gasteiger partial charge in [0.25, 0.3) is 5.91 Å². The fourth-order valence-electron chi connectivity index (χ4n) is 2.51. The molecular formula is C20H13BrINO3S2. The topological polar surface area (TPSA) is 38.8 Å². The van der Waals surface area contributed by atoms with E-state index in [1.165, 1.54) is 16.7 Å². The number of benzene rings is 2. The second kappa shape index (κ2) is 9.31. The zero-order valence-corrected chi connectivity index (χ0v) is 19.9. The van der Waals surface area contributed by atoms with Crippen LogP contribution in [0.5, 0.6) is 11.5 Å². The van der Waals surface area contributed by atoms with Crippen molar-refractivity contribution in [2.75, 3.05) is 18.6 Å². The molecule has 0 radical (unpaired) electrons. The minimum Gasteiger partial charge on any atom is -0.493 e. The number of anilines is 1. The van der Waals surface area contributed by atoms with E-state index in [2.05, 4.69) is 44.4 Å². The first-order chi connectivity index (χ1) is 13.4. The van der Waals surface area contributed by atoms with E-state index >= 15 is 0 Å². The lowest BCUT2D eigenvalue weighted by Gasteiger charge is -2.14. The Labute approximate surface area is 194 Å². The highest BCUT2D eigenvalue weighted by molar-refractivity contribution is 14.1. The molecule has 1 heterocycles. The second-order valence-electron chi connectivity index (χ2n) is 5.52. The highest BCUT2D eigenvalue weighted by Crippen LogP contribution is 2.39. The Morgan fingerprint density at radius 1 is 1.36 bits per heavy atom. The number of thiocarbonyl (C=S) groups is 1. The normalized spacial score (nSPS) is 15.1. The molecule has 1 aliphatic heterocycles. The molecule has 1 saturated heterocycles. The standard InChI is InChI=1S/C20H13BrINO3S2/c1-3-8-26-18-15(22)9-12(10-16(18)25-2)11-17-19(24)23(20(27)28-17)14-6-4-13(21)5-7-14/h1,4-7,9-11H,8H2,2H3/b17-11+. The number of thioether (sulfide) groups is 1. The molecule has 0 aliphatic carbocycles. The first-order valence-corrected chi connectivity index (χ1v) is 11.0. The minimum atomic E-state index is -0.154. The molecule has 0 unspecified atom stereocenters. The quantitative estimate of drug-likeness (QED) is 0.201. The third-order valence-electron chi connectivity index (χ3n) is 3.73. The molecular weight excluding hydrogens is 573 g/mol. The molecule has 0 spiro atoms. The average molecular weight is 586 g/mol. The number of amides is 1. The minimum absolute atomic E-state index is 0.150. The summed E-state index contributed by atoms with van der Waals surface area (Å²) >= 11 is 12.2. The van der Waals surface area contributed by atoms with Crippen LogP contribution in [0.25, 0.3) is 6.08 Å². The number of halogens is 2. The lowest BCUT2D eigenvalue weighted by atomic mass is 10.1. The van der Waals surface area contributed by atoms with Gasteiger partial charge in [0.1, 0.15) is 6.61 Å². The molecule has 0 aromatic heterocycles. The van der Waals surface area contributed by atoms with Gasteiger partial charge >= 0.3 is 0 Å². The van der Waals surface area contributed by atoms with Crippen LogP contribution in [0.3, 0.4) is 0 Å². The Hall–Kier alpha value is -1.54. The third-order valence-corrected chi connectivity index (χ3v) is 6.36. The first-order valence-electron chi connectivity index (χ1n) is 7.92. The van der Waals surface area contributed by atoms with E-state index < -0.39 is 0 Å². The van der Waals surface area contributed by atoms with Crippen molar-refractivity contribution >= 4 is 84.5 Å². The highest BCUT2D eigenvalue weighted by Gasteiger charge is 2.33. The van der Waals surface area contributed by atoms with Gasteiger partial charge < -0.3 is 9.47 Å². The fraction of sp³-hybridized carbons (Fsp3) is 0.100. The lowest BCUT2D eigenvalue weighted by Crippen LogP contribution is -2.27. The predicted octanol–water partition coefficient (Wildman–Crippen LogP) is 5.48. The van der Waals surface area contributed by atoms with Gasteiger partial charge in [0, 0.05) is 4.47 Å². The monoisotopic (exact) mass is 585 g/mol. The first kappa shape index (κ1) is 21.2. The molecule has 2 aromatic rings. The van der Waals surface area contributed by atoms with Crippen molar-refractivity contribution < 1.29 is 14.3 Å². The number of nitrogens with zero attached hydrogens (tertiary/aromatic N) is 1. The van der Waals surface area contributed by atoms with E-state index in [1.807, 2.05) is 30.3 Å². The zero-order chi connectivity index (χ0) is 20.3. The lowest BCUT2D eigenvalue weighted by molar-refractivity contribution is -0.113. The zero-order valence-electron chi connectivity index (χ0n) is 14.6. The number of hydrogen-bond donors (Lipinski definition) is 0. The summed E-state index contributed by atoms with van der Waals surface area (Å²) in [5.74, 6) is 3.42. The number of rotatable bonds is 5.